The minimum Gasteiger partial charge on any atom is -0.451 e. The summed E-state index contributed by atoms with van der Waals surface area (Å²) >= 11 is 0. The molecule has 0 atom stereocenters. The highest BCUT2D eigenvalue weighted by Crippen LogP contribution is 2.19. The Bertz CT molecular complexity index is 1390. The number of anilines is 2. The Kier molecular flexibility index (Phi) is 7.61. The van der Waals surface area contributed by atoms with Crippen LogP contribution >= 0.6 is 0 Å². The summed E-state index contributed by atoms with van der Waals surface area (Å²) in [6, 6.07) is 6.35. The smallest absolute Gasteiger partial charge is 0.359 e. The number of esters is 1. The Morgan fingerprint density at radius 3 is 2.47 bits per heavy atom. The third-order valence-corrected chi connectivity index (χ3v) is 5.18. The van der Waals surface area contributed by atoms with Gasteiger partial charge in [-0.2, -0.15) is 5.10 Å². The van der Waals surface area contributed by atoms with Gasteiger partial charge in [0.05, 0.1) is 5.39 Å². The van der Waals surface area contributed by atoms with Crippen molar-refractivity contribution in [2.24, 2.45) is 0 Å². The van der Waals surface area contributed by atoms with Crippen LogP contribution in [0.15, 0.2) is 38.6 Å². The summed E-state index contributed by atoms with van der Waals surface area (Å²) in [6.45, 7) is 3.42. The van der Waals surface area contributed by atoms with Crippen molar-refractivity contribution >= 4 is 34.2 Å². The van der Waals surface area contributed by atoms with Crippen molar-refractivity contribution < 1.29 is 14.3 Å². The fourth-order valence-electron chi connectivity index (χ4n) is 3.51. The van der Waals surface area contributed by atoms with E-state index in [0.717, 1.165) is 4.90 Å². The quantitative estimate of drug-likeness (QED) is 0.384. The third-order valence-electron chi connectivity index (χ3n) is 5.18. The fourth-order valence-corrected chi connectivity index (χ4v) is 3.51. The highest BCUT2D eigenvalue weighted by Gasteiger charge is 2.25. The molecule has 0 unspecified atom stereocenters. The molecule has 0 aliphatic carbocycles. The lowest BCUT2D eigenvalue weighted by Gasteiger charge is -2.24. The Morgan fingerprint density at radius 1 is 1.09 bits per heavy atom. The topological polar surface area (TPSA) is 173 Å². The number of hydrogen-bond donors (Lipinski definition) is 3. The minimum atomic E-state index is -0.922. The van der Waals surface area contributed by atoms with Gasteiger partial charge in [-0.25, -0.2) is 14.7 Å². The number of unbranched alkanes of at least 4 members (excludes halogenated alkanes) is 1. The summed E-state index contributed by atoms with van der Waals surface area (Å²) < 4.78 is 6.35. The highest BCUT2D eigenvalue weighted by molar-refractivity contribution is 6.03. The molecule has 12 nitrogen and oxygen atoms in total. The number of fused-ring (bicyclic) bond motifs is 1. The molecular formula is C22H26N6O6. The molecule has 180 valence electrons. The second-order valence-corrected chi connectivity index (χ2v) is 7.57. The van der Waals surface area contributed by atoms with Gasteiger partial charge in [0.15, 0.2) is 18.0 Å². The lowest BCUT2D eigenvalue weighted by molar-refractivity contribution is -0.121. The van der Waals surface area contributed by atoms with Gasteiger partial charge in [-0.05, 0) is 18.9 Å². The van der Waals surface area contributed by atoms with Crippen molar-refractivity contribution in [3.63, 3.8) is 0 Å². The van der Waals surface area contributed by atoms with Gasteiger partial charge in [0.25, 0.3) is 17.0 Å². The number of rotatable bonds is 9. The van der Waals surface area contributed by atoms with Crippen molar-refractivity contribution in [1.29, 1.82) is 0 Å². The van der Waals surface area contributed by atoms with Crippen LogP contribution in [0.2, 0.25) is 0 Å². The van der Waals surface area contributed by atoms with Crippen LogP contribution in [0.5, 0.6) is 0 Å². The largest absolute Gasteiger partial charge is 0.451 e. The first-order valence-electron chi connectivity index (χ1n) is 10.9. The number of benzene rings is 1. The van der Waals surface area contributed by atoms with Gasteiger partial charge in [0, 0.05) is 18.5 Å². The summed E-state index contributed by atoms with van der Waals surface area (Å²) in [5.74, 6) is -1.76. The van der Waals surface area contributed by atoms with E-state index in [1.54, 1.807) is 18.2 Å². The molecule has 0 saturated carbocycles. The summed E-state index contributed by atoms with van der Waals surface area (Å²) in [7, 11) is 0. The molecule has 2 aromatic heterocycles. The minimum absolute atomic E-state index is 0.129. The van der Waals surface area contributed by atoms with Crippen LogP contribution in [0.1, 0.15) is 43.6 Å². The van der Waals surface area contributed by atoms with E-state index in [1.165, 1.54) is 10.6 Å². The van der Waals surface area contributed by atoms with E-state index < -0.39 is 35.3 Å². The number of aromatic nitrogens is 4. The van der Waals surface area contributed by atoms with Gasteiger partial charge < -0.3 is 15.4 Å². The molecule has 0 bridgehead atoms. The average molecular weight is 470 g/mol. The maximum atomic E-state index is 13.0. The van der Waals surface area contributed by atoms with E-state index >= 15 is 0 Å². The molecule has 0 fully saturated rings. The lowest BCUT2D eigenvalue weighted by Crippen LogP contribution is -2.43. The van der Waals surface area contributed by atoms with Crippen LogP contribution in [0.4, 0.5) is 11.5 Å². The van der Waals surface area contributed by atoms with Crippen LogP contribution in [0.3, 0.4) is 0 Å². The first kappa shape index (κ1) is 24.4. The van der Waals surface area contributed by atoms with Gasteiger partial charge in [-0.15, -0.1) is 0 Å². The molecule has 0 aliphatic heterocycles. The Balaban J connectivity index is 1.90. The molecule has 12 heteroatoms. The van der Waals surface area contributed by atoms with Crippen LogP contribution in [-0.2, 0) is 16.1 Å². The number of amides is 1. The molecule has 2 heterocycles. The third kappa shape index (κ3) is 4.90. The predicted molar refractivity (Wildman–Crippen MR) is 126 cm³/mol. The lowest BCUT2D eigenvalue weighted by atomic mass is 10.1. The van der Waals surface area contributed by atoms with Crippen molar-refractivity contribution in [1.82, 2.24) is 19.7 Å². The van der Waals surface area contributed by atoms with E-state index in [0.29, 0.717) is 19.3 Å². The maximum Gasteiger partial charge on any atom is 0.359 e. The molecule has 1 aromatic carbocycles. The molecule has 0 spiro atoms. The maximum absolute atomic E-state index is 13.0. The van der Waals surface area contributed by atoms with Crippen LogP contribution < -0.4 is 27.4 Å². The molecule has 0 saturated heterocycles. The number of nitrogens with two attached hydrogens (primary N) is 1. The number of carbonyl (C=O) groups excluding carboxylic acids is 2. The highest BCUT2D eigenvalue weighted by atomic mass is 16.5. The number of nitrogens with zero attached hydrogens (tertiary/aromatic N) is 3. The van der Waals surface area contributed by atoms with Gasteiger partial charge in [-0.3, -0.25) is 23.9 Å². The van der Waals surface area contributed by atoms with Gasteiger partial charge in [0.1, 0.15) is 5.82 Å². The first-order valence-corrected chi connectivity index (χ1v) is 10.9. The van der Waals surface area contributed by atoms with E-state index in [2.05, 4.69) is 15.2 Å². The zero-order valence-corrected chi connectivity index (χ0v) is 18.9. The molecule has 4 N–H and O–H groups in total. The number of nitrogens with one attached hydrogen (secondary N) is 2. The van der Waals surface area contributed by atoms with E-state index in [9.17, 15) is 24.0 Å². The Morgan fingerprint density at radius 2 is 1.79 bits per heavy atom. The van der Waals surface area contributed by atoms with Crippen LogP contribution in [-0.4, -0.2) is 44.8 Å². The molecular weight excluding hydrogens is 444 g/mol. The molecule has 34 heavy (non-hydrogen) atoms. The first-order chi connectivity index (χ1) is 16.3. The van der Waals surface area contributed by atoms with Crippen molar-refractivity contribution in [3.05, 3.63) is 61.2 Å². The normalized spacial score (nSPS) is 10.9. The van der Waals surface area contributed by atoms with Gasteiger partial charge >= 0.3 is 11.7 Å². The molecule has 3 aromatic rings. The summed E-state index contributed by atoms with van der Waals surface area (Å²) in [4.78, 5) is 65.6. The number of hydrogen-bond acceptors (Lipinski definition) is 8. The SMILES string of the molecule is CCCCN(C(=O)COC(=O)c1n[nH]c(=O)c2ccccc12)c1c(N)n(CCC)c(=O)[nH]c1=O. The monoisotopic (exact) mass is 470 g/mol. The Hall–Kier alpha value is -4.22. The van der Waals surface area contributed by atoms with Crippen LogP contribution in [0.25, 0.3) is 10.8 Å². The van der Waals surface area contributed by atoms with Gasteiger partial charge in [-0.1, -0.05) is 38.5 Å². The average Bonchev–Trinajstić information content (AvgIpc) is 2.82. The fraction of sp³-hybridized carbons (Fsp3) is 0.364. The van der Waals surface area contributed by atoms with Gasteiger partial charge in [0.2, 0.25) is 0 Å². The summed E-state index contributed by atoms with van der Waals surface area (Å²) in [6.07, 6.45) is 1.83. The molecule has 1 amide bonds. The van der Waals surface area contributed by atoms with E-state index in [-0.39, 0.29) is 41.1 Å². The second-order valence-electron chi connectivity index (χ2n) is 7.57. The van der Waals surface area contributed by atoms with Crippen molar-refractivity contribution in [2.45, 2.75) is 39.7 Å². The van der Waals surface area contributed by atoms with Crippen molar-refractivity contribution in [2.75, 3.05) is 23.8 Å². The number of H-pyrrole nitrogens is 2. The Labute approximate surface area is 193 Å². The number of carbonyl (C=O) groups is 2. The summed E-state index contributed by atoms with van der Waals surface area (Å²) in [5.41, 5.74) is 3.83. The van der Waals surface area contributed by atoms with Crippen LogP contribution in [0, 0.1) is 0 Å². The van der Waals surface area contributed by atoms with E-state index in [1.807, 2.05) is 13.8 Å². The number of aromatic amines is 2. The van der Waals surface area contributed by atoms with E-state index in [4.69, 9.17) is 10.5 Å². The summed E-state index contributed by atoms with van der Waals surface area (Å²) in [5, 5.41) is 6.51. The molecule has 0 radical (unpaired) electrons. The zero-order valence-electron chi connectivity index (χ0n) is 18.9. The van der Waals surface area contributed by atoms with Crippen molar-refractivity contribution in [3.8, 4) is 0 Å². The zero-order chi connectivity index (χ0) is 24.8. The predicted octanol–water partition coefficient (Wildman–Crippen LogP) is 0.755. The molecule has 3 rings (SSSR count). The number of ether oxygens (including phenoxy) is 1. The molecule has 0 aliphatic rings. The number of nitrogen functional groups attached to an aromatic ring is 1. The standard InChI is InChI=1S/C22H26N6O6/c1-3-5-11-27(17-18(23)28(10-4-2)22(33)24-20(17)31)15(29)12-34-21(32)16-13-8-6-7-9-14(13)19(30)26-25-16/h6-9H,3-5,10-12,23H2,1-2H3,(H,26,30)(H,24,31,33). The second kappa shape index (κ2) is 10.6.